The molecule has 0 amide bonds. The van der Waals surface area contributed by atoms with E-state index >= 15 is 0 Å². The number of aromatic nitrogens is 1. The third-order valence-corrected chi connectivity index (χ3v) is 5.61. The van der Waals surface area contributed by atoms with Gasteiger partial charge in [0, 0.05) is 23.2 Å². The molecule has 3 aromatic carbocycles. The van der Waals surface area contributed by atoms with E-state index in [4.69, 9.17) is 4.74 Å². The number of ether oxygens (including phenoxy) is 1. The maximum atomic E-state index is 12.8. The number of hydrogen-bond acceptors (Lipinski definition) is 6. The molecule has 32 heavy (non-hydrogen) atoms. The smallest absolute Gasteiger partial charge is 0.340 e. The molecule has 1 atom stereocenters. The molecule has 0 radical (unpaired) electrons. The average Bonchev–Trinajstić information content (AvgIpc) is 3.07. The second-order valence-electron chi connectivity index (χ2n) is 7.50. The monoisotopic (exact) mass is 434 g/mol. The maximum absolute atomic E-state index is 12.8. The summed E-state index contributed by atoms with van der Waals surface area (Å²) >= 11 is 0. The number of phenols is 1. The number of carbonyl (C=O) groups excluding carboxylic acids is 1. The number of rotatable bonds is 6. The van der Waals surface area contributed by atoms with Gasteiger partial charge in [0.05, 0.1) is 40.6 Å². The summed E-state index contributed by atoms with van der Waals surface area (Å²) in [6.45, 7) is 3.71. The van der Waals surface area contributed by atoms with E-state index in [2.05, 4.69) is 0 Å². The Kier molecular flexibility index (Phi) is 5.54. The lowest BCUT2D eigenvalue weighted by Crippen LogP contribution is -2.12. The van der Waals surface area contributed by atoms with E-state index in [9.17, 15) is 25.1 Å². The van der Waals surface area contributed by atoms with Gasteiger partial charge in [-0.25, -0.2) is 4.79 Å². The van der Waals surface area contributed by atoms with Gasteiger partial charge in [0.15, 0.2) is 0 Å². The van der Waals surface area contributed by atoms with Crippen LogP contribution in [0.25, 0.3) is 21.7 Å². The van der Waals surface area contributed by atoms with E-state index in [0.29, 0.717) is 22.2 Å². The summed E-state index contributed by atoms with van der Waals surface area (Å²) in [5.74, 6) is -0.599. The second-order valence-corrected chi connectivity index (χ2v) is 7.50. The molecule has 4 rings (SSSR count). The standard InChI is InChI=1S/C24H22N2O6/c1-3-32-24(29)21-14(2)25(13-20(28)15-8-10-17(11-9-15)26(30)31)23-18-7-5-4-6-16(18)12-19(27)22(21)23/h4-12,20,27-28H,3,13H2,1-2H3. The van der Waals surface area contributed by atoms with Crippen molar-refractivity contribution in [2.24, 2.45) is 0 Å². The van der Waals surface area contributed by atoms with Crippen molar-refractivity contribution in [1.82, 2.24) is 4.57 Å². The first kappa shape index (κ1) is 21.3. The van der Waals surface area contributed by atoms with Crippen LogP contribution in [-0.4, -0.2) is 32.3 Å². The van der Waals surface area contributed by atoms with Crippen molar-refractivity contribution >= 4 is 33.3 Å². The number of fused-ring (bicyclic) bond motifs is 3. The maximum Gasteiger partial charge on any atom is 0.340 e. The highest BCUT2D eigenvalue weighted by Crippen LogP contribution is 2.39. The molecule has 0 aliphatic carbocycles. The molecular weight excluding hydrogens is 412 g/mol. The number of nitrogens with zero attached hydrogens (tertiary/aromatic N) is 2. The third-order valence-electron chi connectivity index (χ3n) is 5.61. The first-order valence-electron chi connectivity index (χ1n) is 10.2. The van der Waals surface area contributed by atoms with Crippen molar-refractivity contribution in [2.45, 2.75) is 26.5 Å². The van der Waals surface area contributed by atoms with E-state index in [1.165, 1.54) is 24.3 Å². The van der Waals surface area contributed by atoms with Crippen molar-refractivity contribution in [3.63, 3.8) is 0 Å². The lowest BCUT2D eigenvalue weighted by Gasteiger charge is -2.16. The molecule has 0 saturated heterocycles. The Labute approximate surface area is 183 Å². The van der Waals surface area contributed by atoms with Gasteiger partial charge in [0.2, 0.25) is 0 Å². The van der Waals surface area contributed by atoms with Gasteiger partial charge in [-0.1, -0.05) is 24.3 Å². The van der Waals surface area contributed by atoms with Crippen LogP contribution in [0.4, 0.5) is 5.69 Å². The Morgan fingerprint density at radius 1 is 1.19 bits per heavy atom. The Morgan fingerprint density at radius 3 is 2.53 bits per heavy atom. The molecule has 0 aliphatic rings. The van der Waals surface area contributed by atoms with Crippen LogP contribution in [-0.2, 0) is 11.3 Å². The largest absolute Gasteiger partial charge is 0.507 e. The number of esters is 1. The highest BCUT2D eigenvalue weighted by Gasteiger charge is 2.26. The fourth-order valence-electron chi connectivity index (χ4n) is 4.10. The summed E-state index contributed by atoms with van der Waals surface area (Å²) in [6.07, 6.45) is -0.999. The van der Waals surface area contributed by atoms with Gasteiger partial charge >= 0.3 is 5.97 Å². The first-order valence-corrected chi connectivity index (χ1v) is 10.2. The summed E-state index contributed by atoms with van der Waals surface area (Å²) in [4.78, 5) is 23.2. The van der Waals surface area contributed by atoms with Crippen LogP contribution in [0.15, 0.2) is 54.6 Å². The number of phenolic OH excluding ortho intramolecular Hbond substituents is 1. The number of nitro benzene ring substituents is 1. The van der Waals surface area contributed by atoms with Crippen molar-refractivity contribution in [3.8, 4) is 5.75 Å². The van der Waals surface area contributed by atoms with Gasteiger partial charge < -0.3 is 19.5 Å². The first-order chi connectivity index (χ1) is 15.3. The molecule has 0 spiro atoms. The summed E-state index contributed by atoms with van der Waals surface area (Å²) in [5.41, 5.74) is 1.84. The number of benzene rings is 3. The minimum absolute atomic E-state index is 0.0478. The van der Waals surface area contributed by atoms with Crippen LogP contribution >= 0.6 is 0 Å². The fraction of sp³-hybridized carbons (Fsp3) is 0.208. The van der Waals surface area contributed by atoms with E-state index < -0.39 is 17.0 Å². The zero-order valence-corrected chi connectivity index (χ0v) is 17.6. The van der Waals surface area contributed by atoms with E-state index in [-0.39, 0.29) is 30.2 Å². The lowest BCUT2D eigenvalue weighted by molar-refractivity contribution is -0.384. The van der Waals surface area contributed by atoms with E-state index in [1.54, 1.807) is 24.5 Å². The Hall–Kier alpha value is -3.91. The minimum atomic E-state index is -0.999. The summed E-state index contributed by atoms with van der Waals surface area (Å²) in [7, 11) is 0. The second kappa shape index (κ2) is 8.32. The van der Waals surface area contributed by atoms with Gasteiger partial charge in [0.1, 0.15) is 5.75 Å². The zero-order valence-electron chi connectivity index (χ0n) is 17.6. The summed E-state index contributed by atoms with van der Waals surface area (Å²) in [5, 5.41) is 34.6. The molecule has 2 N–H and O–H groups in total. The molecular formula is C24H22N2O6. The topological polar surface area (TPSA) is 115 Å². The minimum Gasteiger partial charge on any atom is -0.507 e. The van der Waals surface area contributed by atoms with Crippen molar-refractivity contribution < 1.29 is 24.7 Å². The van der Waals surface area contributed by atoms with Gasteiger partial charge in [-0.3, -0.25) is 10.1 Å². The molecule has 8 heteroatoms. The van der Waals surface area contributed by atoms with Crippen LogP contribution in [0.1, 0.15) is 34.6 Å². The Bertz CT molecular complexity index is 1340. The molecule has 1 unspecified atom stereocenters. The SMILES string of the molecule is CCOC(=O)c1c(C)n(CC(O)c2ccc([N+](=O)[O-])cc2)c2c1c(O)cc1ccccc12. The number of aliphatic hydroxyl groups excluding tert-OH is 1. The van der Waals surface area contributed by atoms with E-state index in [0.717, 1.165) is 10.8 Å². The average molecular weight is 434 g/mol. The lowest BCUT2D eigenvalue weighted by atomic mass is 10.0. The van der Waals surface area contributed by atoms with Gasteiger partial charge in [-0.15, -0.1) is 0 Å². The normalized spacial score (nSPS) is 12.2. The Morgan fingerprint density at radius 2 is 1.88 bits per heavy atom. The molecule has 0 bridgehead atoms. The molecule has 0 saturated carbocycles. The molecule has 0 fully saturated rings. The molecule has 8 nitrogen and oxygen atoms in total. The number of aromatic hydroxyl groups is 1. The predicted molar refractivity (Wildman–Crippen MR) is 120 cm³/mol. The molecule has 0 aliphatic heterocycles. The van der Waals surface area contributed by atoms with Crippen molar-refractivity contribution in [3.05, 3.63) is 81.5 Å². The van der Waals surface area contributed by atoms with Crippen LogP contribution in [0.5, 0.6) is 5.75 Å². The Balaban J connectivity index is 1.90. The molecule has 164 valence electrons. The van der Waals surface area contributed by atoms with Crippen molar-refractivity contribution in [2.75, 3.05) is 6.61 Å². The molecule has 1 aromatic heterocycles. The van der Waals surface area contributed by atoms with Gasteiger partial charge in [-0.2, -0.15) is 0 Å². The van der Waals surface area contributed by atoms with Gasteiger partial charge in [0.25, 0.3) is 5.69 Å². The van der Waals surface area contributed by atoms with Crippen LogP contribution in [0.3, 0.4) is 0 Å². The van der Waals surface area contributed by atoms with Crippen LogP contribution < -0.4 is 0 Å². The third kappa shape index (κ3) is 3.54. The quantitative estimate of drug-likeness (QED) is 0.260. The number of nitro groups is 1. The van der Waals surface area contributed by atoms with Crippen LogP contribution in [0, 0.1) is 17.0 Å². The fourth-order valence-corrected chi connectivity index (χ4v) is 4.10. The predicted octanol–water partition coefficient (Wildman–Crippen LogP) is 4.63. The number of carbonyl (C=O) groups is 1. The molecule has 1 heterocycles. The van der Waals surface area contributed by atoms with Crippen molar-refractivity contribution in [1.29, 1.82) is 0 Å². The summed E-state index contributed by atoms with van der Waals surface area (Å²) in [6, 6.07) is 14.8. The van der Waals surface area contributed by atoms with E-state index in [1.807, 2.05) is 24.3 Å². The zero-order chi connectivity index (χ0) is 23.0. The number of non-ortho nitro benzene ring substituents is 1. The summed E-state index contributed by atoms with van der Waals surface area (Å²) < 4.78 is 7.02. The van der Waals surface area contributed by atoms with Crippen LogP contribution in [0.2, 0.25) is 0 Å². The molecule has 4 aromatic rings. The number of hydrogen-bond donors (Lipinski definition) is 2. The highest BCUT2D eigenvalue weighted by atomic mass is 16.6. The number of aliphatic hydroxyl groups is 1. The van der Waals surface area contributed by atoms with Gasteiger partial charge in [-0.05, 0) is 43.0 Å². The highest BCUT2D eigenvalue weighted by molar-refractivity contribution is 6.17.